The lowest BCUT2D eigenvalue weighted by Crippen LogP contribution is -2.51. The zero-order valence-corrected chi connectivity index (χ0v) is 18.2. The molecule has 0 bridgehead atoms. The first-order valence-electron chi connectivity index (χ1n) is 9.63. The predicted molar refractivity (Wildman–Crippen MR) is 114 cm³/mol. The van der Waals surface area contributed by atoms with Gasteiger partial charge in [0.1, 0.15) is 11.5 Å². The molecule has 1 aliphatic rings. The smallest absolute Gasteiger partial charge is 0.257 e. The molecule has 1 aliphatic heterocycles. The maximum Gasteiger partial charge on any atom is 0.257 e. The molecule has 2 amide bonds. The molecule has 1 fully saturated rings. The number of primary sulfonamides is 1. The van der Waals surface area contributed by atoms with Crippen molar-refractivity contribution in [3.05, 3.63) is 53.6 Å². The highest BCUT2D eigenvalue weighted by Gasteiger charge is 2.26. The highest BCUT2D eigenvalue weighted by atomic mass is 32.2. The van der Waals surface area contributed by atoms with Crippen LogP contribution in [0.15, 0.2) is 47.4 Å². The third kappa shape index (κ3) is 5.33. The zero-order valence-electron chi connectivity index (χ0n) is 17.4. The van der Waals surface area contributed by atoms with E-state index in [2.05, 4.69) is 0 Å². The van der Waals surface area contributed by atoms with Crippen LogP contribution in [0, 0.1) is 0 Å². The SMILES string of the molecule is COc1ccc(C(=O)N2CCN(C(=O)Cc3ccc(S(N)(=O)=O)cc3)CC2)c(OC)c1. The van der Waals surface area contributed by atoms with Gasteiger partial charge in [-0.15, -0.1) is 0 Å². The van der Waals surface area contributed by atoms with E-state index in [0.29, 0.717) is 48.8 Å². The summed E-state index contributed by atoms with van der Waals surface area (Å²) in [6.45, 7) is 1.64. The minimum absolute atomic E-state index is 0.00443. The van der Waals surface area contributed by atoms with Gasteiger partial charge in [0.2, 0.25) is 15.9 Å². The summed E-state index contributed by atoms with van der Waals surface area (Å²) >= 11 is 0. The van der Waals surface area contributed by atoms with E-state index >= 15 is 0 Å². The molecule has 1 heterocycles. The van der Waals surface area contributed by atoms with Crippen LogP contribution in [0.25, 0.3) is 0 Å². The molecule has 0 saturated carbocycles. The number of hydrogen-bond donors (Lipinski definition) is 1. The summed E-state index contributed by atoms with van der Waals surface area (Å²) in [5.74, 6) is 0.786. The van der Waals surface area contributed by atoms with Crippen LogP contribution in [0.4, 0.5) is 0 Å². The molecule has 0 spiro atoms. The van der Waals surface area contributed by atoms with Crippen molar-refractivity contribution in [1.82, 2.24) is 9.80 Å². The second-order valence-corrected chi connectivity index (χ2v) is 8.67. The van der Waals surface area contributed by atoms with Crippen LogP contribution in [0.5, 0.6) is 11.5 Å². The number of piperazine rings is 1. The van der Waals surface area contributed by atoms with E-state index in [1.807, 2.05) is 0 Å². The number of carbonyl (C=O) groups is 2. The minimum atomic E-state index is -3.76. The Morgan fingerprint density at radius 2 is 1.55 bits per heavy atom. The number of hydrogen-bond acceptors (Lipinski definition) is 6. The van der Waals surface area contributed by atoms with Crippen LogP contribution in [0.1, 0.15) is 15.9 Å². The second-order valence-electron chi connectivity index (χ2n) is 7.10. The van der Waals surface area contributed by atoms with Crippen LogP contribution in [0.3, 0.4) is 0 Å². The Morgan fingerprint density at radius 3 is 2.10 bits per heavy atom. The summed E-state index contributed by atoms with van der Waals surface area (Å²) < 4.78 is 33.1. The summed E-state index contributed by atoms with van der Waals surface area (Å²) in [5.41, 5.74) is 1.14. The van der Waals surface area contributed by atoms with E-state index in [-0.39, 0.29) is 23.1 Å². The quantitative estimate of drug-likeness (QED) is 0.702. The summed E-state index contributed by atoms with van der Waals surface area (Å²) in [6, 6.07) is 11.0. The summed E-state index contributed by atoms with van der Waals surface area (Å²) in [5, 5.41) is 5.09. The second kappa shape index (κ2) is 9.36. The molecule has 0 unspecified atom stereocenters. The number of amides is 2. The van der Waals surface area contributed by atoms with Gasteiger partial charge in [0, 0.05) is 32.2 Å². The molecule has 0 radical (unpaired) electrons. The maximum atomic E-state index is 12.9. The van der Waals surface area contributed by atoms with Gasteiger partial charge < -0.3 is 19.3 Å². The van der Waals surface area contributed by atoms with Crippen molar-refractivity contribution in [3.8, 4) is 11.5 Å². The van der Waals surface area contributed by atoms with Gasteiger partial charge in [-0.2, -0.15) is 0 Å². The standard InChI is InChI=1S/C21H25N3O6S/c1-29-16-5-8-18(19(14-16)30-2)21(26)24-11-9-23(10-12-24)20(25)13-15-3-6-17(7-4-15)31(22,27)28/h3-8,14H,9-13H2,1-2H3,(H2,22,27,28). The van der Waals surface area contributed by atoms with Crippen molar-refractivity contribution in [2.24, 2.45) is 5.14 Å². The van der Waals surface area contributed by atoms with Crippen molar-refractivity contribution in [3.63, 3.8) is 0 Å². The van der Waals surface area contributed by atoms with Crippen LogP contribution >= 0.6 is 0 Å². The molecule has 2 aromatic carbocycles. The number of ether oxygens (including phenoxy) is 2. The number of nitrogens with two attached hydrogens (primary N) is 1. The number of carbonyl (C=O) groups excluding carboxylic acids is 2. The fraction of sp³-hybridized carbons (Fsp3) is 0.333. The lowest BCUT2D eigenvalue weighted by atomic mass is 10.1. The van der Waals surface area contributed by atoms with Crippen molar-refractivity contribution in [2.75, 3.05) is 40.4 Å². The lowest BCUT2D eigenvalue weighted by Gasteiger charge is -2.35. The van der Waals surface area contributed by atoms with E-state index in [0.717, 1.165) is 0 Å². The fourth-order valence-electron chi connectivity index (χ4n) is 3.39. The van der Waals surface area contributed by atoms with E-state index in [9.17, 15) is 18.0 Å². The van der Waals surface area contributed by atoms with Gasteiger partial charge in [-0.1, -0.05) is 12.1 Å². The van der Waals surface area contributed by atoms with Gasteiger partial charge in [0.15, 0.2) is 0 Å². The lowest BCUT2D eigenvalue weighted by molar-refractivity contribution is -0.131. The van der Waals surface area contributed by atoms with Crippen LogP contribution in [0.2, 0.25) is 0 Å². The van der Waals surface area contributed by atoms with E-state index < -0.39 is 10.0 Å². The molecular formula is C21H25N3O6S. The van der Waals surface area contributed by atoms with Crippen molar-refractivity contribution < 1.29 is 27.5 Å². The van der Waals surface area contributed by atoms with Crippen LogP contribution in [-0.4, -0.2) is 70.4 Å². The largest absolute Gasteiger partial charge is 0.497 e. The first kappa shape index (κ1) is 22.6. The Morgan fingerprint density at radius 1 is 0.935 bits per heavy atom. The molecule has 0 atom stereocenters. The van der Waals surface area contributed by atoms with Gasteiger partial charge in [-0.25, -0.2) is 13.6 Å². The summed E-state index contributed by atoms with van der Waals surface area (Å²) in [6.07, 6.45) is 0.144. The Labute approximate surface area is 181 Å². The molecule has 31 heavy (non-hydrogen) atoms. The Kier molecular flexibility index (Phi) is 6.81. The van der Waals surface area contributed by atoms with Gasteiger partial charge >= 0.3 is 0 Å². The average molecular weight is 448 g/mol. The molecule has 3 rings (SSSR count). The predicted octanol–water partition coefficient (Wildman–Crippen LogP) is 0.878. The maximum absolute atomic E-state index is 12.9. The van der Waals surface area contributed by atoms with E-state index in [1.165, 1.54) is 19.2 Å². The van der Waals surface area contributed by atoms with Gasteiger partial charge in [-0.3, -0.25) is 9.59 Å². The van der Waals surface area contributed by atoms with E-state index in [4.69, 9.17) is 14.6 Å². The van der Waals surface area contributed by atoms with Crippen molar-refractivity contribution >= 4 is 21.8 Å². The minimum Gasteiger partial charge on any atom is -0.497 e. The van der Waals surface area contributed by atoms with Crippen LogP contribution in [-0.2, 0) is 21.2 Å². The highest BCUT2D eigenvalue weighted by Crippen LogP contribution is 2.26. The highest BCUT2D eigenvalue weighted by molar-refractivity contribution is 7.89. The Balaban J connectivity index is 1.59. The first-order valence-corrected chi connectivity index (χ1v) is 11.2. The fourth-order valence-corrected chi connectivity index (χ4v) is 3.90. The van der Waals surface area contributed by atoms with Crippen LogP contribution < -0.4 is 14.6 Å². The first-order chi connectivity index (χ1) is 14.7. The number of methoxy groups -OCH3 is 2. The molecule has 10 heteroatoms. The molecule has 0 aromatic heterocycles. The average Bonchev–Trinajstić information content (AvgIpc) is 2.78. The normalized spacial score (nSPS) is 14.3. The topological polar surface area (TPSA) is 119 Å². The molecular weight excluding hydrogens is 422 g/mol. The van der Waals surface area contributed by atoms with Crippen molar-refractivity contribution in [2.45, 2.75) is 11.3 Å². The van der Waals surface area contributed by atoms with Gasteiger partial charge in [0.05, 0.1) is 31.1 Å². The summed E-state index contributed by atoms with van der Waals surface area (Å²) in [7, 11) is -0.723. The summed E-state index contributed by atoms with van der Waals surface area (Å²) in [4.78, 5) is 28.9. The molecule has 2 aromatic rings. The molecule has 2 N–H and O–H groups in total. The number of nitrogens with zero attached hydrogens (tertiary/aromatic N) is 2. The monoisotopic (exact) mass is 447 g/mol. The van der Waals surface area contributed by atoms with E-state index in [1.54, 1.807) is 47.2 Å². The third-order valence-electron chi connectivity index (χ3n) is 5.17. The zero-order chi connectivity index (χ0) is 22.6. The number of rotatable bonds is 6. The van der Waals surface area contributed by atoms with Gasteiger partial charge in [-0.05, 0) is 29.8 Å². The third-order valence-corrected chi connectivity index (χ3v) is 6.10. The Bertz CT molecular complexity index is 1060. The van der Waals surface area contributed by atoms with Gasteiger partial charge in [0.25, 0.3) is 5.91 Å². The Hall–Kier alpha value is -3.11. The molecule has 0 aliphatic carbocycles. The number of benzene rings is 2. The molecule has 9 nitrogen and oxygen atoms in total. The molecule has 166 valence electrons. The molecule has 1 saturated heterocycles. The number of sulfonamides is 1. The van der Waals surface area contributed by atoms with Crippen molar-refractivity contribution in [1.29, 1.82) is 0 Å².